The lowest BCUT2D eigenvalue weighted by Crippen LogP contribution is -2.44. The maximum atomic E-state index is 11.9. The van der Waals surface area contributed by atoms with Gasteiger partial charge < -0.3 is 5.32 Å². The molecule has 0 radical (unpaired) electrons. The molecule has 19 heavy (non-hydrogen) atoms. The molecule has 0 bridgehead atoms. The lowest BCUT2D eigenvalue weighted by molar-refractivity contribution is -0.124. The Hall–Kier alpha value is -1.89. The largest absolute Gasteiger partial charge is 0.344 e. The van der Waals surface area contributed by atoms with Gasteiger partial charge in [-0.2, -0.15) is 0 Å². The van der Waals surface area contributed by atoms with E-state index in [0.717, 1.165) is 5.56 Å². The van der Waals surface area contributed by atoms with Gasteiger partial charge in [0.05, 0.1) is 4.90 Å². The lowest BCUT2D eigenvalue weighted by atomic mass is 10.2. The van der Waals surface area contributed by atoms with Gasteiger partial charge in [0.1, 0.15) is 6.04 Å². The van der Waals surface area contributed by atoms with Crippen LogP contribution in [0.25, 0.3) is 0 Å². The highest BCUT2D eigenvalue weighted by Gasteiger charge is 2.30. The minimum absolute atomic E-state index is 0.0239. The third-order valence-corrected chi connectivity index (χ3v) is 4.24. The van der Waals surface area contributed by atoms with Crippen molar-refractivity contribution in [3.05, 3.63) is 29.8 Å². The summed E-state index contributed by atoms with van der Waals surface area (Å²) in [5.41, 5.74) is 0.924. The number of benzene rings is 1. The van der Waals surface area contributed by atoms with E-state index < -0.39 is 22.0 Å². The zero-order chi connectivity index (χ0) is 14.0. The van der Waals surface area contributed by atoms with Gasteiger partial charge in [-0.15, -0.1) is 0 Å². The third-order valence-electron chi connectivity index (χ3n) is 2.88. The molecule has 0 spiro atoms. The fourth-order valence-corrected chi connectivity index (χ4v) is 2.81. The molecule has 1 saturated heterocycles. The van der Waals surface area contributed by atoms with Gasteiger partial charge in [-0.3, -0.25) is 9.59 Å². The Balaban J connectivity index is 2.11. The SMILES string of the molecule is Cc1ccc(S(=O)(=O)NC(=O)[C@@H]2CCC(=O)N2)cc1. The van der Waals surface area contributed by atoms with Crippen molar-refractivity contribution in [2.75, 3.05) is 0 Å². The molecule has 2 N–H and O–H groups in total. The number of carbonyl (C=O) groups is 2. The predicted molar refractivity (Wildman–Crippen MR) is 67.7 cm³/mol. The van der Waals surface area contributed by atoms with Crippen molar-refractivity contribution >= 4 is 21.8 Å². The third kappa shape index (κ3) is 3.11. The molecule has 0 saturated carbocycles. The van der Waals surface area contributed by atoms with Crippen molar-refractivity contribution in [1.29, 1.82) is 0 Å². The van der Waals surface area contributed by atoms with Crippen molar-refractivity contribution in [3.8, 4) is 0 Å². The van der Waals surface area contributed by atoms with Crippen molar-refractivity contribution in [2.24, 2.45) is 0 Å². The highest BCUT2D eigenvalue weighted by molar-refractivity contribution is 7.90. The first kappa shape index (κ1) is 13.5. The zero-order valence-electron chi connectivity index (χ0n) is 10.3. The van der Waals surface area contributed by atoms with E-state index in [4.69, 9.17) is 0 Å². The fourth-order valence-electron chi connectivity index (χ4n) is 1.79. The second-order valence-electron chi connectivity index (χ2n) is 4.44. The Labute approximate surface area is 111 Å². The van der Waals surface area contributed by atoms with E-state index in [0.29, 0.717) is 6.42 Å². The molecule has 6 nitrogen and oxygen atoms in total. The van der Waals surface area contributed by atoms with Crippen molar-refractivity contribution < 1.29 is 18.0 Å². The van der Waals surface area contributed by atoms with Crippen molar-refractivity contribution in [2.45, 2.75) is 30.7 Å². The Morgan fingerprint density at radius 1 is 1.32 bits per heavy atom. The number of nitrogens with one attached hydrogen (secondary N) is 2. The summed E-state index contributed by atoms with van der Waals surface area (Å²) in [5.74, 6) is -0.945. The predicted octanol–water partition coefficient (Wildman–Crippen LogP) is 0.0785. The van der Waals surface area contributed by atoms with Crippen LogP contribution in [0.1, 0.15) is 18.4 Å². The van der Waals surface area contributed by atoms with Crippen LogP contribution in [-0.4, -0.2) is 26.3 Å². The van der Waals surface area contributed by atoms with Gasteiger partial charge in [0, 0.05) is 6.42 Å². The first-order chi connectivity index (χ1) is 8.88. The van der Waals surface area contributed by atoms with E-state index in [-0.39, 0.29) is 17.2 Å². The van der Waals surface area contributed by atoms with Crippen LogP contribution in [-0.2, 0) is 19.6 Å². The maximum Gasteiger partial charge on any atom is 0.264 e. The number of sulfonamides is 1. The summed E-state index contributed by atoms with van der Waals surface area (Å²) in [5, 5.41) is 2.42. The van der Waals surface area contributed by atoms with Crippen LogP contribution in [0.3, 0.4) is 0 Å². The average Bonchev–Trinajstić information content (AvgIpc) is 2.76. The smallest absolute Gasteiger partial charge is 0.264 e. The molecule has 1 fully saturated rings. The second-order valence-corrected chi connectivity index (χ2v) is 6.12. The maximum absolute atomic E-state index is 11.9. The van der Waals surface area contributed by atoms with Gasteiger partial charge in [0.25, 0.3) is 15.9 Å². The standard InChI is InChI=1S/C12H14N2O4S/c1-8-2-4-9(5-3-8)19(17,18)14-12(16)10-6-7-11(15)13-10/h2-5,10H,6-7H2,1H3,(H,13,15)(H,14,16)/t10-/m0/s1. The Kier molecular flexibility index (Phi) is 3.57. The quantitative estimate of drug-likeness (QED) is 0.821. The monoisotopic (exact) mass is 282 g/mol. The molecule has 0 unspecified atom stereocenters. The van der Waals surface area contributed by atoms with Gasteiger partial charge in [-0.1, -0.05) is 17.7 Å². The molecule has 1 aliphatic heterocycles. The minimum Gasteiger partial charge on any atom is -0.344 e. The Morgan fingerprint density at radius 2 is 1.95 bits per heavy atom. The lowest BCUT2D eigenvalue weighted by Gasteiger charge is -2.11. The Morgan fingerprint density at radius 3 is 2.47 bits per heavy atom. The van der Waals surface area contributed by atoms with Crippen LogP contribution in [0.15, 0.2) is 29.2 Å². The van der Waals surface area contributed by atoms with Gasteiger partial charge in [0.2, 0.25) is 5.91 Å². The normalized spacial score (nSPS) is 19.0. The van der Waals surface area contributed by atoms with E-state index in [1.807, 2.05) is 11.6 Å². The van der Waals surface area contributed by atoms with Gasteiger partial charge in [0.15, 0.2) is 0 Å². The zero-order valence-corrected chi connectivity index (χ0v) is 11.2. The molecule has 1 atom stereocenters. The van der Waals surface area contributed by atoms with Crippen LogP contribution in [0, 0.1) is 6.92 Å². The summed E-state index contributed by atoms with van der Waals surface area (Å²) in [6.07, 6.45) is 0.552. The Bertz CT molecular complexity index is 607. The summed E-state index contributed by atoms with van der Waals surface area (Å²) >= 11 is 0. The number of hydrogen-bond acceptors (Lipinski definition) is 4. The molecule has 0 aliphatic carbocycles. The molecule has 1 aromatic rings. The van der Waals surface area contributed by atoms with E-state index in [9.17, 15) is 18.0 Å². The number of hydrogen-bond donors (Lipinski definition) is 2. The number of amides is 2. The van der Waals surface area contributed by atoms with E-state index in [1.165, 1.54) is 12.1 Å². The first-order valence-electron chi connectivity index (χ1n) is 5.81. The van der Waals surface area contributed by atoms with Crippen LogP contribution in [0.2, 0.25) is 0 Å². The molecule has 102 valence electrons. The summed E-state index contributed by atoms with van der Waals surface area (Å²) in [7, 11) is -3.88. The highest BCUT2D eigenvalue weighted by Crippen LogP contribution is 2.12. The summed E-state index contributed by atoms with van der Waals surface area (Å²) in [6.45, 7) is 1.84. The van der Waals surface area contributed by atoms with Gasteiger partial charge >= 0.3 is 0 Å². The molecule has 7 heteroatoms. The molecule has 1 aliphatic rings. The van der Waals surface area contributed by atoms with Crippen LogP contribution < -0.4 is 10.0 Å². The minimum atomic E-state index is -3.88. The molecule has 1 heterocycles. The molecule has 1 aromatic carbocycles. The molecular weight excluding hydrogens is 268 g/mol. The number of rotatable bonds is 3. The molecule has 0 aromatic heterocycles. The van der Waals surface area contributed by atoms with E-state index in [2.05, 4.69) is 5.32 Å². The van der Waals surface area contributed by atoms with E-state index >= 15 is 0 Å². The van der Waals surface area contributed by atoms with Crippen LogP contribution in [0.4, 0.5) is 0 Å². The topological polar surface area (TPSA) is 92.3 Å². The van der Waals surface area contributed by atoms with Crippen LogP contribution in [0.5, 0.6) is 0 Å². The van der Waals surface area contributed by atoms with Gasteiger partial charge in [-0.25, -0.2) is 13.1 Å². The fraction of sp³-hybridized carbons (Fsp3) is 0.333. The molecule has 2 amide bonds. The number of aryl methyl sites for hydroxylation is 1. The number of carbonyl (C=O) groups excluding carboxylic acids is 2. The molecule has 2 rings (SSSR count). The molecular formula is C12H14N2O4S. The average molecular weight is 282 g/mol. The van der Waals surface area contributed by atoms with Crippen molar-refractivity contribution in [1.82, 2.24) is 10.0 Å². The highest BCUT2D eigenvalue weighted by atomic mass is 32.2. The van der Waals surface area contributed by atoms with E-state index in [1.54, 1.807) is 12.1 Å². The van der Waals surface area contributed by atoms with Crippen LogP contribution >= 0.6 is 0 Å². The second kappa shape index (κ2) is 5.00. The van der Waals surface area contributed by atoms with Crippen molar-refractivity contribution in [3.63, 3.8) is 0 Å². The summed E-state index contributed by atoms with van der Waals surface area (Å²) in [4.78, 5) is 22.8. The van der Waals surface area contributed by atoms with Gasteiger partial charge in [-0.05, 0) is 25.5 Å². The summed E-state index contributed by atoms with van der Waals surface area (Å²) < 4.78 is 25.9. The first-order valence-corrected chi connectivity index (χ1v) is 7.29. The summed E-state index contributed by atoms with van der Waals surface area (Å²) in [6, 6.07) is 5.39.